The van der Waals surface area contributed by atoms with Gasteiger partial charge in [0.2, 0.25) is 11.8 Å². The number of hydrogen-bond donors (Lipinski definition) is 2. The number of thioether (sulfide) groups is 1. The van der Waals surface area contributed by atoms with Crippen molar-refractivity contribution in [3.8, 4) is 11.8 Å². The lowest BCUT2D eigenvalue weighted by Gasteiger charge is -2.25. The number of carbonyl (C=O) groups is 3. The summed E-state index contributed by atoms with van der Waals surface area (Å²) in [5.74, 6) is -0.717. The smallest absolute Gasteiger partial charge is 0.337 e. The lowest BCUT2D eigenvalue weighted by molar-refractivity contribution is -0.121. The van der Waals surface area contributed by atoms with Crippen LogP contribution in [0, 0.1) is 11.3 Å². The van der Waals surface area contributed by atoms with Gasteiger partial charge in [-0.05, 0) is 48.9 Å². The van der Waals surface area contributed by atoms with Gasteiger partial charge in [-0.3, -0.25) is 9.59 Å². The molecule has 0 unspecified atom stereocenters. The molecule has 9 heteroatoms. The number of allylic oxidation sites excluding steroid dienone is 1. The Morgan fingerprint density at radius 3 is 2.48 bits per heavy atom. The quantitative estimate of drug-likeness (QED) is 0.572. The molecule has 0 spiro atoms. The summed E-state index contributed by atoms with van der Waals surface area (Å²) in [5, 5.41) is 15.6. The van der Waals surface area contributed by atoms with Gasteiger partial charge in [0.15, 0.2) is 0 Å². The predicted molar refractivity (Wildman–Crippen MR) is 125 cm³/mol. The molecule has 2 aromatic rings. The van der Waals surface area contributed by atoms with Crippen LogP contribution in [0.3, 0.4) is 0 Å². The number of nitrogens with one attached hydrogen (secondary N) is 2. The van der Waals surface area contributed by atoms with Crippen LogP contribution in [0.15, 0.2) is 59.1 Å². The maximum absolute atomic E-state index is 12.4. The molecule has 2 amide bonds. The van der Waals surface area contributed by atoms with E-state index in [-0.39, 0.29) is 24.0 Å². The fraction of sp³-hybridized carbons (Fsp3) is 0.250. The fourth-order valence-electron chi connectivity index (χ4n) is 3.32. The first-order chi connectivity index (χ1) is 15.9. The summed E-state index contributed by atoms with van der Waals surface area (Å²) in [6, 6.07) is 15.8. The highest BCUT2D eigenvalue weighted by Crippen LogP contribution is 2.36. The van der Waals surface area contributed by atoms with E-state index in [2.05, 4.69) is 16.7 Å². The van der Waals surface area contributed by atoms with Crippen LogP contribution in [0.25, 0.3) is 0 Å². The van der Waals surface area contributed by atoms with Crippen molar-refractivity contribution in [3.05, 3.63) is 70.3 Å². The van der Waals surface area contributed by atoms with Crippen LogP contribution < -0.4 is 15.4 Å². The maximum Gasteiger partial charge on any atom is 0.337 e. The molecule has 33 heavy (non-hydrogen) atoms. The van der Waals surface area contributed by atoms with Crippen molar-refractivity contribution in [2.45, 2.75) is 19.3 Å². The Balaban J connectivity index is 1.70. The van der Waals surface area contributed by atoms with Gasteiger partial charge in [0, 0.05) is 18.0 Å². The van der Waals surface area contributed by atoms with Crippen LogP contribution in [0.4, 0.5) is 5.69 Å². The zero-order valence-electron chi connectivity index (χ0n) is 18.2. The second-order valence-corrected chi connectivity index (χ2v) is 8.05. The Kier molecular flexibility index (Phi) is 8.11. The zero-order valence-corrected chi connectivity index (χ0v) is 19.0. The molecule has 0 bridgehead atoms. The molecule has 8 nitrogen and oxygen atoms in total. The van der Waals surface area contributed by atoms with E-state index in [9.17, 15) is 19.6 Å². The lowest BCUT2D eigenvalue weighted by Crippen LogP contribution is -2.31. The number of amides is 2. The highest BCUT2D eigenvalue weighted by Gasteiger charge is 2.30. The number of methoxy groups -OCH3 is 1. The van der Waals surface area contributed by atoms with Crippen LogP contribution >= 0.6 is 11.8 Å². The second-order valence-electron chi connectivity index (χ2n) is 7.07. The van der Waals surface area contributed by atoms with Crippen LogP contribution in [-0.4, -0.2) is 37.3 Å². The van der Waals surface area contributed by atoms with E-state index in [1.54, 1.807) is 48.5 Å². The minimum absolute atomic E-state index is 0.0159. The number of esters is 1. The van der Waals surface area contributed by atoms with Crippen molar-refractivity contribution in [3.63, 3.8) is 0 Å². The Morgan fingerprint density at radius 2 is 1.88 bits per heavy atom. The third-order valence-corrected chi connectivity index (χ3v) is 5.90. The Hall–Kier alpha value is -3.77. The summed E-state index contributed by atoms with van der Waals surface area (Å²) in [5.41, 5.74) is 2.10. The minimum atomic E-state index is -0.466. The molecule has 0 saturated heterocycles. The van der Waals surface area contributed by atoms with Gasteiger partial charge < -0.3 is 20.1 Å². The van der Waals surface area contributed by atoms with Crippen LogP contribution in [0.2, 0.25) is 0 Å². The van der Waals surface area contributed by atoms with Gasteiger partial charge in [0.25, 0.3) is 0 Å². The Bertz CT molecular complexity index is 1100. The SMILES string of the molecule is CCOc1ccc(NC(=O)CSC2=C(C#N)[C@H](c3ccc(C(=O)OC)cc3)CC(=O)N2)cc1. The van der Waals surface area contributed by atoms with Gasteiger partial charge in [-0.15, -0.1) is 0 Å². The summed E-state index contributed by atoms with van der Waals surface area (Å²) >= 11 is 1.10. The number of ether oxygens (including phenoxy) is 2. The molecule has 1 heterocycles. The maximum atomic E-state index is 12.4. The van der Waals surface area contributed by atoms with Crippen LogP contribution in [0.1, 0.15) is 35.2 Å². The second kappa shape index (κ2) is 11.2. The van der Waals surface area contributed by atoms with Crippen molar-refractivity contribution in [2.75, 3.05) is 24.8 Å². The molecule has 1 aliphatic rings. The number of nitriles is 1. The molecule has 1 aliphatic heterocycles. The van der Waals surface area contributed by atoms with Crippen molar-refractivity contribution < 1.29 is 23.9 Å². The average Bonchev–Trinajstić information content (AvgIpc) is 2.83. The molecule has 2 aromatic carbocycles. The molecule has 0 fully saturated rings. The molecule has 3 rings (SSSR count). The van der Waals surface area contributed by atoms with Crippen molar-refractivity contribution in [1.82, 2.24) is 5.32 Å². The summed E-state index contributed by atoms with van der Waals surface area (Å²) in [7, 11) is 1.30. The van der Waals surface area contributed by atoms with Crippen LogP contribution in [-0.2, 0) is 14.3 Å². The number of anilines is 1. The molecule has 170 valence electrons. The first-order valence-corrected chi connectivity index (χ1v) is 11.2. The number of rotatable bonds is 8. The van der Waals surface area contributed by atoms with Crippen molar-refractivity contribution in [1.29, 1.82) is 5.26 Å². The van der Waals surface area contributed by atoms with E-state index >= 15 is 0 Å². The molecule has 0 saturated carbocycles. The van der Waals surface area contributed by atoms with Gasteiger partial charge in [0.1, 0.15) is 5.75 Å². The zero-order chi connectivity index (χ0) is 23.8. The van der Waals surface area contributed by atoms with E-state index in [1.165, 1.54) is 7.11 Å². The number of hydrogen-bond acceptors (Lipinski definition) is 7. The monoisotopic (exact) mass is 465 g/mol. The summed E-state index contributed by atoms with van der Waals surface area (Å²) in [6.07, 6.45) is 0.100. The van der Waals surface area contributed by atoms with Crippen molar-refractivity contribution in [2.24, 2.45) is 0 Å². The summed E-state index contributed by atoms with van der Waals surface area (Å²) < 4.78 is 10.1. The minimum Gasteiger partial charge on any atom is -0.494 e. The average molecular weight is 466 g/mol. The lowest BCUT2D eigenvalue weighted by atomic mass is 9.87. The largest absolute Gasteiger partial charge is 0.494 e. The van der Waals surface area contributed by atoms with E-state index in [0.29, 0.717) is 34.2 Å². The van der Waals surface area contributed by atoms with Crippen molar-refractivity contribution >= 4 is 35.2 Å². The van der Waals surface area contributed by atoms with Gasteiger partial charge in [-0.2, -0.15) is 5.26 Å². The molecule has 1 atom stereocenters. The Labute approximate surface area is 195 Å². The van der Waals surface area contributed by atoms with E-state index in [1.807, 2.05) is 6.92 Å². The molecule has 0 aromatic heterocycles. The molecular formula is C24H23N3O5S. The normalized spacial score (nSPS) is 15.3. The van der Waals surface area contributed by atoms with E-state index in [4.69, 9.17) is 9.47 Å². The number of benzene rings is 2. The molecule has 0 aliphatic carbocycles. The fourth-order valence-corrected chi connectivity index (χ4v) is 4.20. The van der Waals surface area contributed by atoms with Gasteiger partial charge >= 0.3 is 5.97 Å². The number of carbonyl (C=O) groups excluding carboxylic acids is 3. The van der Waals surface area contributed by atoms with Gasteiger partial charge in [0.05, 0.1) is 41.7 Å². The Morgan fingerprint density at radius 1 is 1.18 bits per heavy atom. The first kappa shape index (κ1) is 23.9. The highest BCUT2D eigenvalue weighted by molar-refractivity contribution is 8.03. The van der Waals surface area contributed by atoms with Gasteiger partial charge in [-0.1, -0.05) is 23.9 Å². The summed E-state index contributed by atoms with van der Waals surface area (Å²) in [4.78, 5) is 36.4. The molecule has 2 N–H and O–H groups in total. The first-order valence-electron chi connectivity index (χ1n) is 10.2. The number of nitrogens with zero attached hydrogens (tertiary/aromatic N) is 1. The topological polar surface area (TPSA) is 118 Å². The van der Waals surface area contributed by atoms with E-state index < -0.39 is 11.9 Å². The third kappa shape index (κ3) is 6.14. The standard InChI is InChI=1S/C24H23N3O5S/c1-3-32-18-10-8-17(9-11-18)26-22(29)14-33-23-20(13-25)19(12-21(28)27-23)15-4-6-16(7-5-15)24(30)31-2/h4-11,19H,3,12,14H2,1-2H3,(H,26,29)(H,27,28)/t19-/m0/s1. The molecule has 0 radical (unpaired) electrons. The van der Waals surface area contributed by atoms with Gasteiger partial charge in [-0.25, -0.2) is 4.79 Å². The van der Waals surface area contributed by atoms with E-state index in [0.717, 1.165) is 17.3 Å². The van der Waals surface area contributed by atoms with Crippen LogP contribution in [0.5, 0.6) is 5.75 Å². The third-order valence-electron chi connectivity index (χ3n) is 4.89. The summed E-state index contributed by atoms with van der Waals surface area (Å²) in [6.45, 7) is 2.45. The predicted octanol–water partition coefficient (Wildman–Crippen LogP) is 3.58. The molecular weight excluding hydrogens is 442 g/mol. The highest BCUT2D eigenvalue weighted by atomic mass is 32.2.